The van der Waals surface area contributed by atoms with Crippen LogP contribution in [-0.2, 0) is 62.7 Å². The Hall–Kier alpha value is -5.26. The van der Waals surface area contributed by atoms with E-state index < -0.39 is 74.4 Å². The second kappa shape index (κ2) is 23.1. The summed E-state index contributed by atoms with van der Waals surface area (Å²) >= 11 is 11.2. The first-order chi connectivity index (χ1) is 33.1. The van der Waals surface area contributed by atoms with E-state index in [-0.39, 0.29) is 78.3 Å². The van der Waals surface area contributed by atoms with Crippen molar-refractivity contribution in [1.29, 1.82) is 0 Å². The minimum Gasteiger partial charge on any atom is -0.493 e. The van der Waals surface area contributed by atoms with Crippen molar-refractivity contribution < 1.29 is 52.6 Å². The molecule has 1 amide bonds. The quantitative estimate of drug-likeness (QED) is 0.0377. The molecule has 0 radical (unpaired) electrons. The molecular formula is C48H55N7O11S3. The predicted octanol–water partition coefficient (Wildman–Crippen LogP) is 4.80. The van der Waals surface area contributed by atoms with E-state index in [2.05, 4.69) is 54.3 Å². The zero-order valence-electron chi connectivity index (χ0n) is 39.0. The molecule has 7 rings (SSSR count). The lowest BCUT2D eigenvalue weighted by Gasteiger charge is -2.43. The summed E-state index contributed by atoms with van der Waals surface area (Å²) in [5, 5.41) is 23.0. The number of ketones is 2. The predicted molar refractivity (Wildman–Crippen MR) is 264 cm³/mol. The Morgan fingerprint density at radius 3 is 2.68 bits per heavy atom. The molecule has 69 heavy (non-hydrogen) atoms. The lowest BCUT2D eigenvalue weighted by Crippen LogP contribution is -2.55. The van der Waals surface area contributed by atoms with Gasteiger partial charge in [-0.25, -0.2) is 4.79 Å². The number of aromatic nitrogens is 2. The van der Waals surface area contributed by atoms with Crippen molar-refractivity contribution in [1.82, 2.24) is 20.6 Å². The first-order valence-corrected chi connectivity index (χ1v) is 26.4. The van der Waals surface area contributed by atoms with Crippen LogP contribution in [0, 0.1) is 29.6 Å². The SMILES string of the molecule is COC(=O)NC1C(=O)C[C@H](O)/C(=C/CS(C)(=S)=S)C2=C1C#C/C=C\C#C[C@@H]2OC1OC(C)C(C(=O)c2nccc3c2[nH]c2ccc(OCCN=[N+]=[N-])cc23)CC1OC1CC(OC)C(NC(C)C)CO1. The molecule has 0 saturated carbocycles. The number of carbonyl (C=O) groups excluding carboxylic acids is 3. The van der Waals surface area contributed by atoms with E-state index in [1.54, 1.807) is 38.6 Å². The normalized spacial score (nSPS) is 28.2. The zero-order valence-corrected chi connectivity index (χ0v) is 41.4. The number of aromatic amines is 1. The summed E-state index contributed by atoms with van der Waals surface area (Å²) < 4.78 is 43.4. The maximum absolute atomic E-state index is 14.9. The van der Waals surface area contributed by atoms with Gasteiger partial charge in [0.05, 0.1) is 62.7 Å². The van der Waals surface area contributed by atoms with Crippen molar-refractivity contribution in [3.63, 3.8) is 0 Å². The third-order valence-electron chi connectivity index (χ3n) is 12.0. The molecule has 2 saturated heterocycles. The smallest absolute Gasteiger partial charge is 0.407 e. The molecule has 0 spiro atoms. The van der Waals surface area contributed by atoms with Crippen LogP contribution in [0.15, 0.2) is 70.5 Å². The fourth-order valence-electron chi connectivity index (χ4n) is 8.84. The standard InChI is InChI=1S/C48H55N7O11S3/c1-26(2)52-35-25-63-41(24-39(35)60-4)65-40-22-32(46(58)45-44-29(15-17-50-45)33-21-28(13-14-34(33)53-44)62-19-18-51-55-49)27(3)64-47(40)66-38-12-10-8-7-9-11-31-42(38)30(16-20-69(6,67)68)36(56)23-37(57)43(31)54-48(59)61-5/h7-8,13-17,21,26-27,32,35-36,38-41,43,47,52-53,56H,18-20,22-25H2,1-6H3,(H,54,59)/b8-7-,30-16-/t27?,32?,35?,36-,38-,39?,40?,41?,43?,47?/m0/s1. The van der Waals surface area contributed by atoms with Crippen molar-refractivity contribution in [2.45, 2.75) is 101 Å². The number of hydrogen-bond donors (Lipinski definition) is 4. The molecule has 366 valence electrons. The van der Waals surface area contributed by atoms with E-state index in [0.717, 1.165) is 16.3 Å². The molecule has 21 heteroatoms. The first-order valence-electron chi connectivity index (χ1n) is 22.4. The molecule has 8 unspecified atom stereocenters. The van der Waals surface area contributed by atoms with Gasteiger partial charge in [0.15, 0.2) is 24.1 Å². The number of hydrogen-bond acceptors (Lipinski definition) is 16. The van der Waals surface area contributed by atoms with Gasteiger partial charge in [-0.3, -0.25) is 14.6 Å². The minimum absolute atomic E-state index is 0.0764. The number of pyridine rings is 1. The summed E-state index contributed by atoms with van der Waals surface area (Å²) in [6.45, 7) is 6.47. The number of nitrogens with zero attached hydrogens (tertiary/aromatic N) is 4. The van der Waals surface area contributed by atoms with Crippen LogP contribution in [0.2, 0.25) is 0 Å². The molecule has 18 nitrogen and oxygen atoms in total. The Labute approximate surface area is 409 Å². The number of fused-ring (bicyclic) bond motifs is 3. The van der Waals surface area contributed by atoms with Crippen LogP contribution in [0.3, 0.4) is 0 Å². The van der Waals surface area contributed by atoms with Gasteiger partial charge in [-0.05, 0) is 89.5 Å². The van der Waals surface area contributed by atoms with Gasteiger partial charge in [-0.2, -0.15) is 0 Å². The lowest BCUT2D eigenvalue weighted by atomic mass is 9.86. The van der Waals surface area contributed by atoms with E-state index in [9.17, 15) is 19.5 Å². The molecule has 2 aliphatic heterocycles. The molecule has 2 aliphatic carbocycles. The molecule has 0 bridgehead atoms. The Morgan fingerprint density at radius 1 is 1.14 bits per heavy atom. The highest BCUT2D eigenvalue weighted by Gasteiger charge is 2.47. The van der Waals surface area contributed by atoms with Gasteiger partial charge in [0.1, 0.15) is 29.7 Å². The summed E-state index contributed by atoms with van der Waals surface area (Å²) in [5.41, 5.74) is 10.7. The van der Waals surface area contributed by atoms with Crippen LogP contribution < -0.4 is 15.4 Å². The fourth-order valence-corrected chi connectivity index (χ4v) is 9.73. The third kappa shape index (κ3) is 12.6. The molecule has 2 aromatic heterocycles. The molecule has 1 aromatic carbocycles. The molecule has 2 fully saturated rings. The monoisotopic (exact) mass is 1000 g/mol. The second-order valence-electron chi connectivity index (χ2n) is 17.3. The number of amides is 1. The number of rotatable bonds is 16. The number of carbonyl (C=O) groups is 3. The summed E-state index contributed by atoms with van der Waals surface area (Å²) in [6, 6.07) is 5.98. The summed E-state index contributed by atoms with van der Waals surface area (Å²) in [6.07, 6.45) is 0.383. The van der Waals surface area contributed by atoms with Crippen LogP contribution >= 0.6 is 0 Å². The number of azide groups is 1. The highest BCUT2D eigenvalue weighted by atomic mass is 33.1. The van der Waals surface area contributed by atoms with Gasteiger partial charge in [0.25, 0.3) is 0 Å². The Kier molecular flexibility index (Phi) is 17.3. The van der Waals surface area contributed by atoms with E-state index in [1.807, 2.05) is 32.0 Å². The van der Waals surface area contributed by atoms with Crippen LogP contribution in [0.1, 0.15) is 50.5 Å². The van der Waals surface area contributed by atoms with Gasteiger partial charge in [-0.1, -0.05) is 55.9 Å². The average Bonchev–Trinajstić information content (AvgIpc) is 3.69. The fraction of sp³-hybridized carbons (Fsp3) is 0.500. The number of aliphatic hydroxyl groups is 1. The number of methoxy groups -OCH3 is 2. The van der Waals surface area contributed by atoms with Crippen molar-refractivity contribution in [2.75, 3.05) is 46.0 Å². The summed E-state index contributed by atoms with van der Waals surface area (Å²) in [5.74, 6) is 11.1. The minimum atomic E-state index is -2.01. The maximum atomic E-state index is 14.9. The number of nitrogens with one attached hydrogen (secondary N) is 3. The number of ether oxygens (including phenoxy) is 7. The van der Waals surface area contributed by atoms with E-state index in [4.69, 9.17) is 61.1 Å². The second-order valence-corrected chi connectivity index (χ2v) is 24.5. The van der Waals surface area contributed by atoms with Gasteiger partial charge in [0, 0.05) is 70.3 Å². The number of allylic oxidation sites excluding steroid dienone is 2. The maximum Gasteiger partial charge on any atom is 0.407 e. The van der Waals surface area contributed by atoms with Crippen LogP contribution in [0.25, 0.3) is 32.2 Å². The molecule has 10 atom stereocenters. The number of aliphatic hydroxyl groups excluding tert-OH is 1. The Morgan fingerprint density at radius 2 is 1.94 bits per heavy atom. The number of Topliss-reactive ketones (excluding diaryl/α,β-unsaturated/α-hetero) is 2. The first kappa shape index (κ1) is 51.6. The molecule has 4 heterocycles. The van der Waals surface area contributed by atoms with E-state index in [1.165, 1.54) is 19.3 Å². The van der Waals surface area contributed by atoms with Crippen molar-refractivity contribution >= 4 is 69.0 Å². The number of alkyl carbamates (subject to hydrolysis) is 1. The Balaban J connectivity index is 1.28. The van der Waals surface area contributed by atoms with Crippen LogP contribution in [-0.4, -0.2) is 140 Å². The molecule has 4 N–H and O–H groups in total. The number of H-pyrrole nitrogens is 1. The molecule has 3 aromatic rings. The van der Waals surface area contributed by atoms with E-state index in [0.29, 0.717) is 17.7 Å². The lowest BCUT2D eigenvalue weighted by molar-refractivity contribution is -0.304. The van der Waals surface area contributed by atoms with Crippen LogP contribution in [0.4, 0.5) is 4.79 Å². The zero-order chi connectivity index (χ0) is 49.4. The Bertz CT molecular complexity index is 2840. The molecular weight excluding hydrogens is 947 g/mol. The van der Waals surface area contributed by atoms with Gasteiger partial charge < -0.3 is 53.9 Å². The highest BCUT2D eigenvalue weighted by Crippen LogP contribution is 2.39. The van der Waals surface area contributed by atoms with Gasteiger partial charge >= 0.3 is 6.09 Å². The summed E-state index contributed by atoms with van der Waals surface area (Å²) in [4.78, 5) is 52.4. The van der Waals surface area contributed by atoms with Gasteiger partial charge in [-0.15, -0.1) is 0 Å². The van der Waals surface area contributed by atoms with Crippen molar-refractivity contribution in [2.24, 2.45) is 11.0 Å². The topological polar surface area (TPSA) is 238 Å². The summed E-state index contributed by atoms with van der Waals surface area (Å²) in [7, 11) is 0.795. The number of benzene rings is 1. The van der Waals surface area contributed by atoms with E-state index >= 15 is 0 Å². The molecule has 4 aliphatic rings. The van der Waals surface area contributed by atoms with Crippen molar-refractivity contribution in [3.05, 3.63) is 81.5 Å². The highest BCUT2D eigenvalue weighted by molar-refractivity contribution is 8.56. The van der Waals surface area contributed by atoms with Gasteiger partial charge in [0.2, 0.25) is 0 Å². The third-order valence-corrected chi connectivity index (χ3v) is 13.6. The largest absolute Gasteiger partial charge is 0.493 e. The average molecular weight is 1000 g/mol. The van der Waals surface area contributed by atoms with Crippen molar-refractivity contribution in [3.8, 4) is 29.4 Å². The van der Waals surface area contributed by atoms with Crippen LogP contribution in [0.5, 0.6) is 5.75 Å².